The van der Waals surface area contributed by atoms with Crippen molar-refractivity contribution in [1.82, 2.24) is 19.7 Å². The van der Waals surface area contributed by atoms with E-state index in [-0.39, 0.29) is 36.9 Å². The third-order valence-corrected chi connectivity index (χ3v) is 5.59. The molecule has 3 rings (SSSR count). The standard InChI is InChI=1S/C21H30N4O4/c1-4-29-15-18(26)23-11-8-21(9-12-23)19(27)24(14-17-7-5-6-10-22-17)20(28)25(21)13-16(2)3/h5-7,10,16H,4,8-9,11-15H2,1-3H3. The normalized spacial score (nSPS) is 19.0. The van der Waals surface area contributed by atoms with Crippen LogP contribution < -0.4 is 0 Å². The number of aromatic nitrogens is 1. The van der Waals surface area contributed by atoms with E-state index in [4.69, 9.17) is 4.74 Å². The summed E-state index contributed by atoms with van der Waals surface area (Å²) < 4.78 is 5.22. The molecule has 4 amide bonds. The Morgan fingerprint density at radius 3 is 2.55 bits per heavy atom. The van der Waals surface area contributed by atoms with Gasteiger partial charge in [-0.3, -0.25) is 19.5 Å². The van der Waals surface area contributed by atoms with Gasteiger partial charge in [-0.2, -0.15) is 0 Å². The molecule has 8 nitrogen and oxygen atoms in total. The molecule has 1 aromatic rings. The molecule has 2 saturated heterocycles. The quantitative estimate of drug-likeness (QED) is 0.651. The molecule has 0 aromatic carbocycles. The first-order valence-electron chi connectivity index (χ1n) is 10.3. The van der Waals surface area contributed by atoms with E-state index in [0.717, 1.165) is 0 Å². The molecule has 8 heteroatoms. The van der Waals surface area contributed by atoms with Gasteiger partial charge in [-0.15, -0.1) is 0 Å². The van der Waals surface area contributed by atoms with Gasteiger partial charge in [0.25, 0.3) is 5.91 Å². The second-order valence-electron chi connectivity index (χ2n) is 8.05. The summed E-state index contributed by atoms with van der Waals surface area (Å²) in [5.74, 6) is -0.0130. The van der Waals surface area contributed by atoms with E-state index in [9.17, 15) is 14.4 Å². The molecule has 1 aromatic heterocycles. The highest BCUT2D eigenvalue weighted by Gasteiger charge is 2.58. The molecule has 0 unspecified atom stereocenters. The van der Waals surface area contributed by atoms with Crippen LogP contribution in [0.15, 0.2) is 24.4 Å². The topological polar surface area (TPSA) is 83.0 Å². The number of pyridine rings is 1. The molecule has 2 aliphatic rings. The number of nitrogens with zero attached hydrogens (tertiary/aromatic N) is 4. The van der Waals surface area contributed by atoms with Gasteiger partial charge >= 0.3 is 6.03 Å². The van der Waals surface area contributed by atoms with Crippen molar-refractivity contribution in [2.75, 3.05) is 32.8 Å². The minimum Gasteiger partial charge on any atom is -0.372 e. The highest BCUT2D eigenvalue weighted by atomic mass is 16.5. The van der Waals surface area contributed by atoms with Crippen LogP contribution in [0.3, 0.4) is 0 Å². The second kappa shape index (κ2) is 8.90. The first kappa shape index (κ1) is 21.2. The Morgan fingerprint density at radius 1 is 1.24 bits per heavy atom. The summed E-state index contributed by atoms with van der Waals surface area (Å²) in [5, 5.41) is 0. The lowest BCUT2D eigenvalue weighted by molar-refractivity contribution is -0.143. The SMILES string of the molecule is CCOCC(=O)N1CCC2(CC1)C(=O)N(Cc1ccccn1)C(=O)N2CC(C)C. The molecule has 0 bridgehead atoms. The lowest BCUT2D eigenvalue weighted by Gasteiger charge is -2.42. The number of likely N-dealkylation sites (tertiary alicyclic amines) is 1. The van der Waals surface area contributed by atoms with Crippen LogP contribution in [-0.4, -0.2) is 75.9 Å². The summed E-state index contributed by atoms with van der Waals surface area (Å²) in [6.45, 7) is 8.02. The number of ether oxygens (including phenoxy) is 1. The highest BCUT2D eigenvalue weighted by molar-refractivity contribution is 6.07. The van der Waals surface area contributed by atoms with Crippen LogP contribution in [-0.2, 0) is 20.9 Å². The Balaban J connectivity index is 1.79. The maximum absolute atomic E-state index is 13.4. The molecular formula is C21H30N4O4. The summed E-state index contributed by atoms with van der Waals surface area (Å²) in [6, 6.07) is 5.20. The molecule has 2 aliphatic heterocycles. The smallest absolute Gasteiger partial charge is 0.328 e. The Morgan fingerprint density at radius 2 is 1.97 bits per heavy atom. The predicted octanol–water partition coefficient (Wildman–Crippen LogP) is 1.90. The van der Waals surface area contributed by atoms with Crippen LogP contribution in [0.4, 0.5) is 4.79 Å². The van der Waals surface area contributed by atoms with Gasteiger partial charge in [0.2, 0.25) is 5.91 Å². The van der Waals surface area contributed by atoms with Crippen molar-refractivity contribution in [2.45, 2.75) is 45.7 Å². The van der Waals surface area contributed by atoms with Crippen molar-refractivity contribution in [3.8, 4) is 0 Å². The number of imide groups is 1. The van der Waals surface area contributed by atoms with E-state index in [0.29, 0.717) is 44.8 Å². The molecule has 0 aliphatic carbocycles. The zero-order valence-electron chi connectivity index (χ0n) is 17.5. The molecular weight excluding hydrogens is 372 g/mol. The maximum Gasteiger partial charge on any atom is 0.328 e. The van der Waals surface area contributed by atoms with Gasteiger partial charge in [0.15, 0.2) is 0 Å². The number of hydrogen-bond donors (Lipinski definition) is 0. The van der Waals surface area contributed by atoms with Crippen LogP contribution in [0.25, 0.3) is 0 Å². The number of carbonyl (C=O) groups is 3. The van der Waals surface area contributed by atoms with Gasteiger partial charge in [-0.05, 0) is 37.8 Å². The van der Waals surface area contributed by atoms with Gasteiger partial charge in [0, 0.05) is 32.4 Å². The molecule has 0 radical (unpaired) electrons. The average molecular weight is 402 g/mol. The van der Waals surface area contributed by atoms with Crippen molar-refractivity contribution >= 4 is 17.8 Å². The number of hydrogen-bond acceptors (Lipinski definition) is 5. The monoisotopic (exact) mass is 402 g/mol. The van der Waals surface area contributed by atoms with E-state index in [2.05, 4.69) is 4.98 Å². The van der Waals surface area contributed by atoms with Crippen LogP contribution in [0.1, 0.15) is 39.3 Å². The van der Waals surface area contributed by atoms with Crippen molar-refractivity contribution in [2.24, 2.45) is 5.92 Å². The summed E-state index contributed by atoms with van der Waals surface area (Å²) >= 11 is 0. The van der Waals surface area contributed by atoms with Gasteiger partial charge in [0.1, 0.15) is 12.1 Å². The summed E-state index contributed by atoms with van der Waals surface area (Å²) in [7, 11) is 0. The fourth-order valence-corrected chi connectivity index (χ4v) is 4.08. The zero-order chi connectivity index (χ0) is 21.0. The molecule has 3 heterocycles. The Kier molecular flexibility index (Phi) is 6.52. The van der Waals surface area contributed by atoms with Gasteiger partial charge < -0.3 is 14.5 Å². The van der Waals surface area contributed by atoms with E-state index < -0.39 is 5.54 Å². The Hall–Kier alpha value is -2.48. The van der Waals surface area contributed by atoms with Crippen LogP contribution >= 0.6 is 0 Å². The van der Waals surface area contributed by atoms with Gasteiger partial charge in [0.05, 0.1) is 12.2 Å². The lowest BCUT2D eigenvalue weighted by Crippen LogP contribution is -2.58. The van der Waals surface area contributed by atoms with Crippen molar-refractivity contribution in [1.29, 1.82) is 0 Å². The Labute approximate surface area is 171 Å². The van der Waals surface area contributed by atoms with Crippen LogP contribution in [0.2, 0.25) is 0 Å². The first-order chi connectivity index (χ1) is 13.9. The number of carbonyl (C=O) groups excluding carboxylic acids is 3. The third-order valence-electron chi connectivity index (χ3n) is 5.59. The second-order valence-corrected chi connectivity index (χ2v) is 8.05. The van der Waals surface area contributed by atoms with Crippen LogP contribution in [0, 0.1) is 5.92 Å². The predicted molar refractivity (Wildman–Crippen MR) is 107 cm³/mol. The Bertz CT molecular complexity index is 744. The number of amides is 4. The molecule has 0 saturated carbocycles. The molecule has 2 fully saturated rings. The molecule has 158 valence electrons. The van der Waals surface area contributed by atoms with E-state index in [1.54, 1.807) is 22.1 Å². The van der Waals surface area contributed by atoms with E-state index >= 15 is 0 Å². The largest absolute Gasteiger partial charge is 0.372 e. The molecule has 0 N–H and O–H groups in total. The fraction of sp³-hybridized carbons (Fsp3) is 0.619. The zero-order valence-corrected chi connectivity index (χ0v) is 17.5. The third kappa shape index (κ3) is 4.27. The first-order valence-corrected chi connectivity index (χ1v) is 10.3. The van der Waals surface area contributed by atoms with Gasteiger partial charge in [-0.25, -0.2) is 4.79 Å². The maximum atomic E-state index is 13.4. The van der Waals surface area contributed by atoms with E-state index in [1.807, 2.05) is 32.9 Å². The number of urea groups is 1. The molecule has 0 atom stereocenters. The fourth-order valence-electron chi connectivity index (χ4n) is 4.08. The molecule has 1 spiro atoms. The van der Waals surface area contributed by atoms with Crippen LogP contribution in [0.5, 0.6) is 0 Å². The van der Waals surface area contributed by atoms with Crippen molar-refractivity contribution in [3.63, 3.8) is 0 Å². The van der Waals surface area contributed by atoms with Gasteiger partial charge in [-0.1, -0.05) is 19.9 Å². The molecule has 29 heavy (non-hydrogen) atoms. The minimum absolute atomic E-state index is 0.0535. The number of piperidine rings is 1. The summed E-state index contributed by atoms with van der Waals surface area (Å²) in [5.41, 5.74) is -0.196. The number of rotatable bonds is 7. The average Bonchev–Trinajstić information content (AvgIpc) is 2.89. The minimum atomic E-state index is -0.876. The van der Waals surface area contributed by atoms with Crippen molar-refractivity contribution < 1.29 is 19.1 Å². The summed E-state index contributed by atoms with van der Waals surface area (Å²) in [6.07, 6.45) is 2.55. The van der Waals surface area contributed by atoms with Crippen molar-refractivity contribution in [3.05, 3.63) is 30.1 Å². The lowest BCUT2D eigenvalue weighted by atomic mass is 9.85. The highest BCUT2D eigenvalue weighted by Crippen LogP contribution is 2.38. The summed E-state index contributed by atoms with van der Waals surface area (Å²) in [4.78, 5) is 48.0. The van der Waals surface area contributed by atoms with E-state index in [1.165, 1.54) is 4.90 Å².